The second-order valence-electron chi connectivity index (χ2n) is 5.79. The van der Waals surface area contributed by atoms with Crippen molar-refractivity contribution in [1.29, 1.82) is 0 Å². The second kappa shape index (κ2) is 5.71. The molecule has 0 spiro atoms. The Hall–Kier alpha value is -2.50. The minimum atomic E-state index is -0.174. The number of fused-ring (bicyclic) bond motifs is 1. The first-order valence-electron chi connectivity index (χ1n) is 7.35. The van der Waals surface area contributed by atoms with Crippen LogP contribution in [0.4, 0.5) is 16.2 Å². The topological polar surface area (TPSA) is 70.7 Å². The van der Waals surface area contributed by atoms with E-state index < -0.39 is 0 Å². The first-order chi connectivity index (χ1) is 10.5. The molecule has 0 aliphatic carbocycles. The molecule has 1 aromatic carbocycles. The smallest absolute Gasteiger partial charge is 0.322 e. The number of hydrogen-bond donors (Lipinski definition) is 2. The summed E-state index contributed by atoms with van der Waals surface area (Å²) in [7, 11) is 0. The van der Waals surface area contributed by atoms with Crippen molar-refractivity contribution in [3.63, 3.8) is 0 Å². The van der Waals surface area contributed by atoms with Gasteiger partial charge in [0.15, 0.2) is 6.61 Å². The second-order valence-corrected chi connectivity index (χ2v) is 5.79. The molecule has 0 unspecified atom stereocenters. The Morgan fingerprint density at radius 2 is 2.27 bits per heavy atom. The maximum Gasteiger partial charge on any atom is 0.322 e. The van der Waals surface area contributed by atoms with Crippen molar-refractivity contribution in [3.05, 3.63) is 30.4 Å². The molecule has 0 radical (unpaired) electrons. The Bertz CT molecular complexity index is 640. The third-order valence-electron chi connectivity index (χ3n) is 3.80. The molecule has 22 heavy (non-hydrogen) atoms. The number of carbonyl (C=O) groups excluding carboxylic acids is 2. The standard InChI is InChI=1S/C16H19N3O3/c1-10(2)13-4-3-7-19(13)16(21)17-11-5-6-12-14(8-11)22-9-15(20)18-12/h3-6,8,10,13H,7,9H2,1-2H3,(H,17,21)(H,18,20)/t13-/m0/s1. The fourth-order valence-electron chi connectivity index (χ4n) is 2.69. The lowest BCUT2D eigenvalue weighted by Crippen LogP contribution is -2.41. The normalized spacial score (nSPS) is 19.7. The number of carbonyl (C=O) groups is 2. The summed E-state index contributed by atoms with van der Waals surface area (Å²) in [6.07, 6.45) is 4.07. The van der Waals surface area contributed by atoms with Crippen LogP contribution in [0.15, 0.2) is 30.4 Å². The summed E-state index contributed by atoms with van der Waals surface area (Å²) in [4.78, 5) is 25.5. The van der Waals surface area contributed by atoms with Crippen molar-refractivity contribution < 1.29 is 14.3 Å². The average molecular weight is 301 g/mol. The average Bonchev–Trinajstić information content (AvgIpc) is 2.97. The van der Waals surface area contributed by atoms with E-state index in [2.05, 4.69) is 30.6 Å². The Labute approximate surface area is 129 Å². The van der Waals surface area contributed by atoms with Crippen molar-refractivity contribution in [2.45, 2.75) is 19.9 Å². The third kappa shape index (κ3) is 2.77. The van der Waals surface area contributed by atoms with Gasteiger partial charge in [0.25, 0.3) is 5.91 Å². The number of urea groups is 1. The molecule has 3 rings (SSSR count). The van der Waals surface area contributed by atoms with Crippen molar-refractivity contribution in [3.8, 4) is 5.75 Å². The van der Waals surface area contributed by atoms with E-state index in [1.165, 1.54) is 0 Å². The summed E-state index contributed by atoms with van der Waals surface area (Å²) in [5, 5.41) is 5.60. The van der Waals surface area contributed by atoms with Crippen LogP contribution in [0.3, 0.4) is 0 Å². The highest BCUT2D eigenvalue weighted by molar-refractivity contribution is 5.96. The van der Waals surface area contributed by atoms with Crippen LogP contribution in [0.2, 0.25) is 0 Å². The number of anilines is 2. The number of rotatable bonds is 2. The first kappa shape index (κ1) is 14.4. The van der Waals surface area contributed by atoms with Gasteiger partial charge in [0.05, 0.1) is 11.7 Å². The maximum absolute atomic E-state index is 12.4. The van der Waals surface area contributed by atoms with Crippen molar-refractivity contribution >= 4 is 23.3 Å². The highest BCUT2D eigenvalue weighted by Crippen LogP contribution is 2.31. The van der Waals surface area contributed by atoms with E-state index in [9.17, 15) is 9.59 Å². The van der Waals surface area contributed by atoms with Gasteiger partial charge in [0, 0.05) is 18.3 Å². The summed E-state index contributed by atoms with van der Waals surface area (Å²) >= 11 is 0. The molecule has 6 heteroatoms. The summed E-state index contributed by atoms with van der Waals surface area (Å²) in [6, 6.07) is 5.18. The summed E-state index contributed by atoms with van der Waals surface area (Å²) in [5.74, 6) is 0.760. The SMILES string of the molecule is CC(C)[C@@H]1C=CCN1C(=O)Nc1ccc2c(c1)OCC(=O)N2. The molecule has 116 valence electrons. The van der Waals surface area contributed by atoms with Crippen LogP contribution < -0.4 is 15.4 Å². The molecule has 2 N–H and O–H groups in total. The predicted molar refractivity (Wildman–Crippen MR) is 84.1 cm³/mol. The van der Waals surface area contributed by atoms with Gasteiger partial charge in [0.2, 0.25) is 0 Å². The van der Waals surface area contributed by atoms with Crippen LogP contribution in [0.1, 0.15) is 13.8 Å². The van der Waals surface area contributed by atoms with E-state index in [4.69, 9.17) is 4.74 Å². The van der Waals surface area contributed by atoms with Crippen LogP contribution in [0.5, 0.6) is 5.75 Å². The molecule has 0 fully saturated rings. The number of amides is 3. The zero-order chi connectivity index (χ0) is 15.7. The molecule has 6 nitrogen and oxygen atoms in total. The molecule has 1 aromatic rings. The largest absolute Gasteiger partial charge is 0.482 e. The zero-order valence-electron chi connectivity index (χ0n) is 12.6. The molecule has 3 amide bonds. The molecule has 2 heterocycles. The lowest BCUT2D eigenvalue weighted by Gasteiger charge is -2.27. The monoisotopic (exact) mass is 301 g/mol. The van der Waals surface area contributed by atoms with Gasteiger partial charge < -0.3 is 20.3 Å². The number of nitrogens with zero attached hydrogens (tertiary/aromatic N) is 1. The lowest BCUT2D eigenvalue weighted by atomic mass is 10.1. The van der Waals surface area contributed by atoms with Gasteiger partial charge >= 0.3 is 6.03 Å². The Kier molecular flexibility index (Phi) is 3.75. The Balaban J connectivity index is 1.71. The fourth-order valence-corrected chi connectivity index (χ4v) is 2.69. The third-order valence-corrected chi connectivity index (χ3v) is 3.80. The van der Waals surface area contributed by atoms with E-state index in [-0.39, 0.29) is 24.6 Å². The molecule has 0 aromatic heterocycles. The van der Waals surface area contributed by atoms with E-state index in [1.54, 1.807) is 23.1 Å². The van der Waals surface area contributed by atoms with Crippen molar-refractivity contribution in [1.82, 2.24) is 4.90 Å². The van der Waals surface area contributed by atoms with Gasteiger partial charge in [0.1, 0.15) is 5.75 Å². The van der Waals surface area contributed by atoms with E-state index in [1.807, 2.05) is 6.08 Å². The number of nitrogens with one attached hydrogen (secondary N) is 2. The van der Waals surface area contributed by atoms with Crippen molar-refractivity contribution in [2.75, 3.05) is 23.8 Å². The van der Waals surface area contributed by atoms with Gasteiger partial charge in [-0.3, -0.25) is 4.79 Å². The molecular weight excluding hydrogens is 282 g/mol. The van der Waals surface area contributed by atoms with E-state index in [0.29, 0.717) is 29.6 Å². The zero-order valence-corrected chi connectivity index (χ0v) is 12.6. The maximum atomic E-state index is 12.4. The van der Waals surface area contributed by atoms with E-state index >= 15 is 0 Å². The van der Waals surface area contributed by atoms with Gasteiger partial charge in [-0.1, -0.05) is 26.0 Å². The predicted octanol–water partition coefficient (Wildman–Crippen LogP) is 2.45. The minimum absolute atomic E-state index is 0.00410. The molecule has 2 aliphatic rings. The van der Waals surface area contributed by atoms with Gasteiger partial charge in [-0.2, -0.15) is 0 Å². The van der Waals surface area contributed by atoms with Crippen LogP contribution in [0, 0.1) is 5.92 Å². The van der Waals surface area contributed by atoms with Crippen LogP contribution >= 0.6 is 0 Å². The minimum Gasteiger partial charge on any atom is -0.482 e. The van der Waals surface area contributed by atoms with E-state index in [0.717, 1.165) is 0 Å². The fraction of sp³-hybridized carbons (Fsp3) is 0.375. The first-order valence-corrected chi connectivity index (χ1v) is 7.35. The number of hydrogen-bond acceptors (Lipinski definition) is 3. The lowest BCUT2D eigenvalue weighted by molar-refractivity contribution is -0.118. The summed E-state index contributed by atoms with van der Waals surface area (Å²) in [5.41, 5.74) is 1.27. The molecule has 2 aliphatic heterocycles. The summed E-state index contributed by atoms with van der Waals surface area (Å²) in [6.45, 7) is 4.80. The van der Waals surface area contributed by atoms with Crippen LogP contribution in [-0.2, 0) is 4.79 Å². The highest BCUT2D eigenvalue weighted by atomic mass is 16.5. The molecular formula is C16H19N3O3. The quantitative estimate of drug-likeness (QED) is 0.824. The van der Waals surface area contributed by atoms with Crippen LogP contribution in [0.25, 0.3) is 0 Å². The Morgan fingerprint density at radius 3 is 3.05 bits per heavy atom. The molecule has 1 atom stereocenters. The highest BCUT2D eigenvalue weighted by Gasteiger charge is 2.27. The molecule has 0 bridgehead atoms. The van der Waals surface area contributed by atoms with Crippen molar-refractivity contribution in [2.24, 2.45) is 5.92 Å². The number of benzene rings is 1. The van der Waals surface area contributed by atoms with Gasteiger partial charge in [-0.15, -0.1) is 0 Å². The molecule has 0 saturated heterocycles. The van der Waals surface area contributed by atoms with Crippen LogP contribution in [-0.4, -0.2) is 36.0 Å². The summed E-state index contributed by atoms with van der Waals surface area (Å²) < 4.78 is 5.35. The molecule has 0 saturated carbocycles. The van der Waals surface area contributed by atoms with Gasteiger partial charge in [-0.05, 0) is 18.1 Å². The number of ether oxygens (including phenoxy) is 1. The van der Waals surface area contributed by atoms with Gasteiger partial charge in [-0.25, -0.2) is 4.79 Å². The Morgan fingerprint density at radius 1 is 1.45 bits per heavy atom.